The Hall–Kier alpha value is -7.04. The summed E-state index contributed by atoms with van der Waals surface area (Å²) >= 11 is 0. The molecule has 4 heteroatoms. The van der Waals surface area contributed by atoms with Crippen molar-refractivity contribution in [1.29, 1.82) is 0 Å². The average molecular weight is 667 g/mol. The minimum absolute atomic E-state index is 0.849. The Bertz CT molecular complexity index is 2950. The van der Waals surface area contributed by atoms with Gasteiger partial charge < -0.3 is 19.0 Å². The number of para-hydroxylation sites is 5. The Labute approximate surface area is 299 Å². The highest BCUT2D eigenvalue weighted by atomic mass is 16.5. The Balaban J connectivity index is 1.17. The third kappa shape index (κ3) is 4.28. The van der Waals surface area contributed by atoms with Crippen molar-refractivity contribution in [1.82, 2.24) is 0 Å². The van der Waals surface area contributed by atoms with Crippen molar-refractivity contribution in [3.63, 3.8) is 0 Å². The van der Waals surface area contributed by atoms with E-state index in [4.69, 9.17) is 9.15 Å². The van der Waals surface area contributed by atoms with Gasteiger partial charge in [-0.05, 0) is 77.5 Å². The summed E-state index contributed by atoms with van der Waals surface area (Å²) in [4.78, 5) is 4.63. The van der Waals surface area contributed by atoms with Crippen LogP contribution in [0, 0.1) is 0 Å². The number of rotatable bonds is 6. The third-order valence-corrected chi connectivity index (χ3v) is 10.3. The summed E-state index contributed by atoms with van der Waals surface area (Å²) in [5, 5.41) is 9.05. The van der Waals surface area contributed by atoms with Crippen LogP contribution in [0.4, 0.5) is 34.1 Å². The molecule has 0 amide bonds. The van der Waals surface area contributed by atoms with Gasteiger partial charge in [-0.15, -0.1) is 0 Å². The van der Waals surface area contributed by atoms with E-state index in [0.29, 0.717) is 0 Å². The molecule has 2 heterocycles. The van der Waals surface area contributed by atoms with Crippen molar-refractivity contribution in [2.24, 2.45) is 0 Å². The number of anilines is 6. The zero-order valence-corrected chi connectivity index (χ0v) is 28.0. The minimum Gasteiger partial charge on any atom is -0.456 e. The van der Waals surface area contributed by atoms with Gasteiger partial charge in [-0.25, -0.2) is 0 Å². The number of benzene rings is 9. The summed E-state index contributed by atoms with van der Waals surface area (Å²) in [6.07, 6.45) is 0. The fourth-order valence-corrected chi connectivity index (χ4v) is 8.14. The van der Waals surface area contributed by atoms with Crippen LogP contribution in [-0.4, -0.2) is 0 Å². The van der Waals surface area contributed by atoms with E-state index in [9.17, 15) is 0 Å². The first-order valence-corrected chi connectivity index (χ1v) is 17.6. The van der Waals surface area contributed by atoms with Crippen LogP contribution in [0.15, 0.2) is 186 Å². The van der Waals surface area contributed by atoms with Crippen molar-refractivity contribution in [2.75, 3.05) is 9.80 Å². The van der Waals surface area contributed by atoms with Crippen molar-refractivity contribution in [3.05, 3.63) is 182 Å². The second-order valence-electron chi connectivity index (χ2n) is 13.3. The van der Waals surface area contributed by atoms with Gasteiger partial charge in [0.15, 0.2) is 5.58 Å². The first-order valence-electron chi connectivity index (χ1n) is 17.6. The van der Waals surface area contributed by atoms with E-state index in [1.54, 1.807) is 0 Å². The van der Waals surface area contributed by atoms with Crippen LogP contribution in [0.3, 0.4) is 0 Å². The molecule has 1 aliphatic heterocycles. The molecule has 0 spiro atoms. The summed E-state index contributed by atoms with van der Waals surface area (Å²) in [5.41, 5.74) is 8.04. The van der Waals surface area contributed by atoms with Crippen molar-refractivity contribution >= 4 is 88.4 Å². The molecule has 11 rings (SSSR count). The van der Waals surface area contributed by atoms with E-state index in [1.807, 2.05) is 12.1 Å². The van der Waals surface area contributed by atoms with Crippen LogP contribution >= 0.6 is 0 Å². The maximum Gasteiger partial charge on any atom is 0.159 e. The smallest absolute Gasteiger partial charge is 0.159 e. The fraction of sp³-hybridized carbons (Fsp3) is 0. The summed E-state index contributed by atoms with van der Waals surface area (Å²) < 4.78 is 13.6. The van der Waals surface area contributed by atoms with E-state index in [0.717, 1.165) is 94.5 Å². The molecule has 0 aliphatic carbocycles. The summed E-state index contributed by atoms with van der Waals surface area (Å²) in [7, 11) is 0. The van der Waals surface area contributed by atoms with Gasteiger partial charge in [0.2, 0.25) is 0 Å². The highest BCUT2D eigenvalue weighted by Gasteiger charge is 2.27. The topological polar surface area (TPSA) is 28.9 Å². The van der Waals surface area contributed by atoms with Gasteiger partial charge in [-0.3, -0.25) is 0 Å². The zero-order valence-electron chi connectivity index (χ0n) is 28.0. The first kappa shape index (κ1) is 28.8. The zero-order chi connectivity index (χ0) is 34.2. The molecule has 0 radical (unpaired) electrons. The largest absolute Gasteiger partial charge is 0.456 e. The lowest BCUT2D eigenvalue weighted by atomic mass is 9.91. The average Bonchev–Trinajstić information content (AvgIpc) is 3.59. The molecule has 1 aliphatic rings. The summed E-state index contributed by atoms with van der Waals surface area (Å²) in [5.74, 6) is 1.71. The molecule has 52 heavy (non-hydrogen) atoms. The molecular formula is C48H30N2O2. The standard InChI is InChI=1S/C48H30N2O2/c1-4-14-33(15-5-1)49(34-16-6-2-7-17-34)36-28-31-26-27-32-29-41(39-22-13-25-43-47(39)46(32)45(31)44(30-36)51-43)50(35-18-8-3-9-19-35)40-23-12-21-38-37-20-10-11-24-42(37)52-48(38)40/h1-30H. The van der Waals surface area contributed by atoms with E-state index < -0.39 is 0 Å². The quantitative estimate of drug-likeness (QED) is 0.165. The van der Waals surface area contributed by atoms with Gasteiger partial charge >= 0.3 is 0 Å². The monoisotopic (exact) mass is 666 g/mol. The highest BCUT2D eigenvalue weighted by molar-refractivity contribution is 6.28. The summed E-state index contributed by atoms with van der Waals surface area (Å²) in [6.45, 7) is 0. The van der Waals surface area contributed by atoms with Crippen LogP contribution in [0.1, 0.15) is 0 Å². The molecule has 0 atom stereocenters. The van der Waals surface area contributed by atoms with Crippen molar-refractivity contribution < 1.29 is 9.15 Å². The number of hydrogen-bond donors (Lipinski definition) is 0. The Morgan fingerprint density at radius 1 is 0.346 bits per heavy atom. The molecule has 0 N–H and O–H groups in total. The molecule has 0 unspecified atom stereocenters. The van der Waals surface area contributed by atoms with Crippen LogP contribution in [0.5, 0.6) is 11.5 Å². The molecule has 1 aromatic heterocycles. The van der Waals surface area contributed by atoms with Gasteiger partial charge in [0, 0.05) is 55.4 Å². The Morgan fingerprint density at radius 2 is 0.942 bits per heavy atom. The lowest BCUT2D eigenvalue weighted by Crippen LogP contribution is -2.12. The van der Waals surface area contributed by atoms with Crippen LogP contribution in [0.2, 0.25) is 0 Å². The van der Waals surface area contributed by atoms with Crippen molar-refractivity contribution in [2.45, 2.75) is 0 Å². The Morgan fingerprint density at radius 3 is 1.67 bits per heavy atom. The molecular weight excluding hydrogens is 637 g/mol. The molecule has 4 nitrogen and oxygen atoms in total. The first-order chi connectivity index (χ1) is 25.8. The highest BCUT2D eigenvalue weighted by Crippen LogP contribution is 2.53. The van der Waals surface area contributed by atoms with Gasteiger partial charge in [-0.1, -0.05) is 109 Å². The van der Waals surface area contributed by atoms with Crippen LogP contribution < -0.4 is 14.5 Å². The molecule has 0 bridgehead atoms. The van der Waals surface area contributed by atoms with E-state index in [2.05, 4.69) is 180 Å². The number of furan rings is 1. The second-order valence-corrected chi connectivity index (χ2v) is 13.3. The third-order valence-electron chi connectivity index (χ3n) is 10.3. The SMILES string of the molecule is c1ccc(N(c2ccccc2)c2cc3c4c(ccc5cc(N(c6ccccc6)c6cccc7c6oc6ccccc67)c6cccc(c6c54)O3)c2)cc1. The number of fused-ring (bicyclic) bond motifs is 3. The lowest BCUT2D eigenvalue weighted by Gasteiger charge is -2.30. The second kappa shape index (κ2) is 11.2. The number of hydrogen-bond acceptors (Lipinski definition) is 4. The molecule has 0 fully saturated rings. The minimum atomic E-state index is 0.849. The predicted molar refractivity (Wildman–Crippen MR) is 216 cm³/mol. The van der Waals surface area contributed by atoms with Gasteiger partial charge in [0.25, 0.3) is 0 Å². The molecule has 0 saturated heterocycles. The van der Waals surface area contributed by atoms with E-state index in [1.165, 1.54) is 5.39 Å². The molecule has 244 valence electrons. The Kier molecular flexibility index (Phi) is 6.22. The van der Waals surface area contributed by atoms with Gasteiger partial charge in [-0.2, -0.15) is 0 Å². The van der Waals surface area contributed by atoms with Crippen LogP contribution in [0.25, 0.3) is 54.3 Å². The molecule has 10 aromatic rings. The van der Waals surface area contributed by atoms with Gasteiger partial charge in [0.05, 0.1) is 17.1 Å². The maximum absolute atomic E-state index is 6.94. The summed E-state index contributed by atoms with van der Waals surface area (Å²) in [6, 6.07) is 64.0. The lowest BCUT2D eigenvalue weighted by molar-refractivity contribution is 0.493. The fourth-order valence-electron chi connectivity index (χ4n) is 8.14. The van der Waals surface area contributed by atoms with E-state index in [-0.39, 0.29) is 0 Å². The number of nitrogens with zero attached hydrogens (tertiary/aromatic N) is 2. The van der Waals surface area contributed by atoms with Crippen LogP contribution in [-0.2, 0) is 0 Å². The predicted octanol–water partition coefficient (Wildman–Crippen LogP) is 14.1. The molecule has 0 saturated carbocycles. The number of ether oxygens (including phenoxy) is 1. The normalized spacial score (nSPS) is 12.0. The molecule has 9 aromatic carbocycles. The van der Waals surface area contributed by atoms with Gasteiger partial charge in [0.1, 0.15) is 17.1 Å². The maximum atomic E-state index is 6.94. The van der Waals surface area contributed by atoms with E-state index >= 15 is 0 Å². The van der Waals surface area contributed by atoms with Crippen molar-refractivity contribution in [3.8, 4) is 11.5 Å².